The van der Waals surface area contributed by atoms with Crippen LogP contribution < -0.4 is 16.8 Å². The number of nitrogens with one attached hydrogen (secondary N) is 2. The summed E-state index contributed by atoms with van der Waals surface area (Å²) in [5, 5.41) is 36.8. The van der Waals surface area contributed by atoms with Crippen LogP contribution in [0.5, 0.6) is 0 Å². The molecule has 7 N–H and O–H groups in total. The van der Waals surface area contributed by atoms with Gasteiger partial charge in [-0.15, -0.1) is 28.2 Å². The fourth-order valence-corrected chi connectivity index (χ4v) is 7.22. The van der Waals surface area contributed by atoms with E-state index in [0.717, 1.165) is 11.3 Å². The van der Waals surface area contributed by atoms with Crippen molar-refractivity contribution >= 4 is 81.1 Å². The first-order valence-electron chi connectivity index (χ1n) is 11.0. The van der Waals surface area contributed by atoms with Gasteiger partial charge in [-0.05, 0) is 16.0 Å². The number of tetrazole rings is 1. The molecule has 2 atom stereocenters. The summed E-state index contributed by atoms with van der Waals surface area (Å²) in [5.41, 5.74) is 11.5. The zero-order valence-electron chi connectivity index (χ0n) is 20.3. The molecule has 0 radical (unpaired) electrons. The SMILES string of the molecule is CON=C(C(=O)N[C@@H]1C(=O)N2C(C(=O)O)=C(CSc3nnnn3CCSCC(=N)N)CS[C@@H]12)c1csc(N)n1. The largest absolute Gasteiger partial charge is 0.477 e. The van der Waals surface area contributed by atoms with E-state index >= 15 is 0 Å². The van der Waals surface area contributed by atoms with E-state index in [1.807, 2.05) is 0 Å². The molecule has 16 nitrogen and oxygen atoms in total. The topological polar surface area (TPSA) is 241 Å². The van der Waals surface area contributed by atoms with Crippen LogP contribution in [0.2, 0.25) is 0 Å². The van der Waals surface area contributed by atoms with Crippen LogP contribution in [0.15, 0.2) is 27.0 Å². The smallest absolute Gasteiger partial charge is 0.352 e. The van der Waals surface area contributed by atoms with Gasteiger partial charge in [0.05, 0.1) is 12.3 Å². The predicted molar refractivity (Wildman–Crippen MR) is 148 cm³/mol. The van der Waals surface area contributed by atoms with Gasteiger partial charge in [0.15, 0.2) is 10.8 Å². The molecule has 0 bridgehead atoms. The van der Waals surface area contributed by atoms with E-state index in [1.165, 1.54) is 52.7 Å². The maximum absolute atomic E-state index is 13.0. The number of amidine groups is 1. The number of hydrogen-bond donors (Lipinski definition) is 5. The van der Waals surface area contributed by atoms with Crippen LogP contribution in [-0.4, -0.2) is 106 Å². The zero-order valence-corrected chi connectivity index (χ0v) is 23.5. The number of carboxylic acids is 1. The number of oxime groups is 1. The highest BCUT2D eigenvalue weighted by atomic mass is 32.2. The van der Waals surface area contributed by atoms with Crippen molar-refractivity contribution in [1.29, 1.82) is 5.41 Å². The molecule has 20 heteroatoms. The second-order valence-electron chi connectivity index (χ2n) is 7.86. The Balaban J connectivity index is 1.42. The van der Waals surface area contributed by atoms with E-state index in [-0.39, 0.29) is 33.8 Å². The van der Waals surface area contributed by atoms with Crippen LogP contribution in [0.4, 0.5) is 5.13 Å². The minimum absolute atomic E-state index is 0.0862. The van der Waals surface area contributed by atoms with Crippen molar-refractivity contribution in [3.8, 4) is 0 Å². The molecule has 0 aliphatic carbocycles. The number of nitrogens with two attached hydrogens (primary N) is 2. The first-order valence-corrected chi connectivity index (χ1v) is 15.1. The van der Waals surface area contributed by atoms with Crippen LogP contribution in [-0.2, 0) is 25.8 Å². The number of thioether (sulfide) groups is 3. The maximum Gasteiger partial charge on any atom is 0.352 e. The Morgan fingerprint density at radius 1 is 1.44 bits per heavy atom. The molecule has 2 aliphatic rings. The molecule has 2 aromatic heterocycles. The molecule has 208 valence electrons. The van der Waals surface area contributed by atoms with Crippen LogP contribution in [0.3, 0.4) is 0 Å². The number of β-lactam (4-membered cyclic amide) rings is 1. The molecular formula is C19H23N11O5S4. The second kappa shape index (κ2) is 12.7. The molecule has 0 spiro atoms. The molecule has 0 saturated carbocycles. The van der Waals surface area contributed by atoms with Gasteiger partial charge in [0.2, 0.25) is 5.16 Å². The van der Waals surface area contributed by atoms with Crippen LogP contribution >= 0.6 is 46.6 Å². The van der Waals surface area contributed by atoms with Crippen LogP contribution in [0.25, 0.3) is 0 Å². The predicted octanol–water partition coefficient (Wildman–Crippen LogP) is -0.738. The van der Waals surface area contributed by atoms with Gasteiger partial charge in [0.1, 0.15) is 35.8 Å². The van der Waals surface area contributed by atoms with Crippen molar-refractivity contribution in [2.45, 2.75) is 23.1 Å². The summed E-state index contributed by atoms with van der Waals surface area (Å²) in [6.07, 6.45) is 0. The monoisotopic (exact) mass is 613 g/mol. The summed E-state index contributed by atoms with van der Waals surface area (Å²) in [6.45, 7) is 0.489. The number of aryl methyl sites for hydroxylation is 1. The fourth-order valence-electron chi connectivity index (χ4n) is 3.62. The third-order valence-corrected chi connectivity index (χ3v) is 9.32. The highest BCUT2D eigenvalue weighted by Crippen LogP contribution is 2.41. The number of anilines is 1. The first kappa shape index (κ1) is 28.6. The lowest BCUT2D eigenvalue weighted by atomic mass is 10.0. The number of carbonyl (C=O) groups excluding carboxylic acids is 2. The van der Waals surface area contributed by atoms with Crippen LogP contribution in [0.1, 0.15) is 5.69 Å². The van der Waals surface area contributed by atoms with Gasteiger partial charge in [-0.2, -0.15) is 11.8 Å². The molecule has 0 aromatic carbocycles. The molecular weight excluding hydrogens is 591 g/mol. The Hall–Kier alpha value is -3.36. The number of carboxylic acid groups (broad SMARTS) is 1. The Morgan fingerprint density at radius 3 is 2.90 bits per heavy atom. The van der Waals surface area contributed by atoms with Gasteiger partial charge in [-0.1, -0.05) is 16.9 Å². The lowest BCUT2D eigenvalue weighted by Crippen LogP contribution is -2.71. The van der Waals surface area contributed by atoms with Crippen molar-refractivity contribution < 1.29 is 24.3 Å². The number of hydrogen-bond acceptors (Lipinski definition) is 15. The minimum atomic E-state index is -1.24. The lowest BCUT2D eigenvalue weighted by Gasteiger charge is -2.49. The van der Waals surface area contributed by atoms with E-state index in [9.17, 15) is 19.5 Å². The van der Waals surface area contributed by atoms with Gasteiger partial charge in [0, 0.05) is 22.6 Å². The number of amides is 2. The van der Waals surface area contributed by atoms with E-state index in [0.29, 0.717) is 34.5 Å². The van der Waals surface area contributed by atoms with Gasteiger partial charge in [0.25, 0.3) is 11.8 Å². The molecule has 1 saturated heterocycles. The summed E-state index contributed by atoms with van der Waals surface area (Å²) < 4.78 is 1.59. The zero-order chi connectivity index (χ0) is 28.1. The lowest BCUT2D eigenvalue weighted by molar-refractivity contribution is -0.150. The number of aromatic nitrogens is 5. The van der Waals surface area contributed by atoms with Crippen LogP contribution in [0, 0.1) is 5.41 Å². The molecule has 1 fully saturated rings. The quantitative estimate of drug-likeness (QED) is 0.0467. The van der Waals surface area contributed by atoms with Crippen molar-refractivity contribution in [3.05, 3.63) is 22.3 Å². The fraction of sp³-hybridized carbons (Fsp3) is 0.421. The van der Waals surface area contributed by atoms with Crippen molar-refractivity contribution in [2.24, 2.45) is 10.9 Å². The Kier molecular flexibility index (Phi) is 9.30. The number of thiazole rings is 1. The number of aliphatic carboxylic acids is 1. The van der Waals surface area contributed by atoms with Gasteiger partial charge < -0.3 is 26.7 Å². The standard InChI is InChI=1S/C19H23N11O5S4/c1-35-26-11(9-6-38-18(22)23-9)14(31)24-12-15(32)30-13(17(33)34)8(4-37-16(12)30)5-39-19-25-27-28-29(19)2-3-36-7-10(20)21/h6,12,16H,2-5,7H2,1H3,(H3,20,21)(H2,22,23)(H,24,31)(H,33,34)/t12-,16+/m1/s1. The summed E-state index contributed by atoms with van der Waals surface area (Å²) in [7, 11) is 1.27. The number of carbonyl (C=O) groups is 3. The van der Waals surface area contributed by atoms with Crippen molar-refractivity contribution in [3.63, 3.8) is 0 Å². The molecule has 0 unspecified atom stereocenters. The molecule has 39 heavy (non-hydrogen) atoms. The normalized spacial score (nSPS) is 18.9. The maximum atomic E-state index is 13.0. The number of rotatable bonds is 13. The molecule has 2 aliphatic heterocycles. The highest BCUT2D eigenvalue weighted by Gasteiger charge is 2.54. The highest BCUT2D eigenvalue weighted by molar-refractivity contribution is 8.01. The average molecular weight is 614 g/mol. The molecule has 4 heterocycles. The van der Waals surface area contributed by atoms with Gasteiger partial charge in [-0.25, -0.2) is 14.5 Å². The van der Waals surface area contributed by atoms with E-state index in [4.69, 9.17) is 21.7 Å². The molecule has 4 rings (SSSR count). The first-order chi connectivity index (χ1) is 18.7. The van der Waals surface area contributed by atoms with E-state index in [2.05, 4.69) is 31.0 Å². The second-order valence-corrected chi connectivity index (χ2v) is 11.9. The number of nitrogen functional groups attached to an aromatic ring is 1. The molecule has 2 aromatic rings. The third kappa shape index (κ3) is 6.45. The van der Waals surface area contributed by atoms with E-state index < -0.39 is 29.2 Å². The van der Waals surface area contributed by atoms with Gasteiger partial charge in [-0.3, -0.25) is 19.9 Å². The minimum Gasteiger partial charge on any atom is -0.477 e. The number of nitrogens with zero attached hydrogens (tertiary/aromatic N) is 7. The summed E-state index contributed by atoms with van der Waals surface area (Å²) in [6, 6.07) is -0.955. The average Bonchev–Trinajstić information content (AvgIpc) is 3.54. The van der Waals surface area contributed by atoms with Crippen molar-refractivity contribution in [2.75, 3.05) is 35.9 Å². The Bertz CT molecular complexity index is 1340. The summed E-state index contributed by atoms with van der Waals surface area (Å²) in [5.74, 6) is -0.786. The molecule has 2 amide bonds. The van der Waals surface area contributed by atoms with E-state index in [1.54, 1.807) is 4.68 Å². The Morgan fingerprint density at radius 2 is 2.23 bits per heavy atom. The Labute approximate surface area is 237 Å². The summed E-state index contributed by atoms with van der Waals surface area (Å²) >= 11 is 5.19. The van der Waals surface area contributed by atoms with Crippen molar-refractivity contribution in [1.82, 2.24) is 35.4 Å². The summed E-state index contributed by atoms with van der Waals surface area (Å²) in [4.78, 5) is 48.1. The van der Waals surface area contributed by atoms with Gasteiger partial charge >= 0.3 is 5.97 Å². The third-order valence-electron chi connectivity index (χ3n) is 5.28. The number of fused-ring (bicyclic) bond motifs is 1.